The van der Waals surface area contributed by atoms with Crippen LogP contribution in [0.25, 0.3) is 0 Å². The summed E-state index contributed by atoms with van der Waals surface area (Å²) in [5, 5.41) is 3.06. The Hall–Kier alpha value is -0.790. The zero-order valence-electron chi connectivity index (χ0n) is 5.72. The van der Waals surface area contributed by atoms with Crippen molar-refractivity contribution in [2.24, 2.45) is 5.92 Å². The highest BCUT2D eigenvalue weighted by Crippen LogP contribution is 2.08. The third-order valence-corrected chi connectivity index (χ3v) is 1.81. The predicted molar refractivity (Wildman–Crippen MR) is 35.9 cm³/mol. The maximum atomic E-state index is 10.9. The molecule has 0 bridgehead atoms. The molecule has 0 aromatic rings. The average molecular weight is 125 g/mol. The number of hydrogen-bond donors (Lipinski definition) is 1. The van der Waals surface area contributed by atoms with Crippen LogP contribution in [-0.2, 0) is 4.79 Å². The molecule has 1 aliphatic heterocycles. The van der Waals surface area contributed by atoms with Crippen LogP contribution >= 0.6 is 0 Å². The van der Waals surface area contributed by atoms with E-state index in [4.69, 9.17) is 0 Å². The number of carbonyl (C=O) groups is 1. The van der Waals surface area contributed by atoms with E-state index >= 15 is 0 Å². The number of carbonyl (C=O) groups excluding carboxylic acids is 1. The van der Waals surface area contributed by atoms with E-state index in [9.17, 15) is 4.79 Å². The molecular weight excluding hydrogens is 114 g/mol. The van der Waals surface area contributed by atoms with Gasteiger partial charge >= 0.3 is 0 Å². The van der Waals surface area contributed by atoms with Crippen LogP contribution in [0.4, 0.5) is 0 Å². The molecule has 0 saturated heterocycles. The summed E-state index contributed by atoms with van der Waals surface area (Å²) in [6.45, 7) is 3.94. The van der Waals surface area contributed by atoms with Crippen molar-refractivity contribution in [3.63, 3.8) is 0 Å². The van der Waals surface area contributed by atoms with E-state index in [-0.39, 0.29) is 11.7 Å². The summed E-state index contributed by atoms with van der Waals surface area (Å²) in [6, 6.07) is 0.294. The molecule has 0 aliphatic carbocycles. The average Bonchev–Trinajstić information content (AvgIpc) is 1.83. The molecule has 0 spiro atoms. The lowest BCUT2D eigenvalue weighted by atomic mass is 9.96. The van der Waals surface area contributed by atoms with E-state index in [0.29, 0.717) is 6.04 Å². The third-order valence-electron chi connectivity index (χ3n) is 1.81. The smallest absolute Gasteiger partial charge is 0.161 e. The number of hydrogen-bond acceptors (Lipinski definition) is 2. The largest absolute Gasteiger partial charge is 0.388 e. The van der Waals surface area contributed by atoms with Crippen molar-refractivity contribution in [2.45, 2.75) is 19.9 Å². The van der Waals surface area contributed by atoms with Gasteiger partial charge in [-0.05, 0) is 13.0 Å². The molecule has 0 fully saturated rings. The molecule has 1 rings (SSSR count). The van der Waals surface area contributed by atoms with Crippen LogP contribution in [0.2, 0.25) is 0 Å². The van der Waals surface area contributed by atoms with E-state index in [1.165, 1.54) is 0 Å². The van der Waals surface area contributed by atoms with E-state index in [0.717, 1.165) is 0 Å². The van der Waals surface area contributed by atoms with Gasteiger partial charge in [-0.25, -0.2) is 0 Å². The molecule has 0 aromatic heterocycles. The minimum Gasteiger partial charge on any atom is -0.388 e. The Labute approximate surface area is 54.9 Å². The first-order valence-electron chi connectivity index (χ1n) is 3.18. The molecule has 2 unspecified atom stereocenters. The summed E-state index contributed by atoms with van der Waals surface area (Å²) in [5.41, 5.74) is 0. The zero-order chi connectivity index (χ0) is 6.85. The van der Waals surface area contributed by atoms with E-state index in [1.54, 1.807) is 12.3 Å². The Kier molecular flexibility index (Phi) is 1.56. The van der Waals surface area contributed by atoms with Gasteiger partial charge in [-0.15, -0.1) is 0 Å². The summed E-state index contributed by atoms with van der Waals surface area (Å²) < 4.78 is 0. The molecule has 0 saturated carbocycles. The van der Waals surface area contributed by atoms with Gasteiger partial charge in [0.25, 0.3) is 0 Å². The number of nitrogens with one attached hydrogen (secondary N) is 1. The Morgan fingerprint density at radius 2 is 2.22 bits per heavy atom. The number of ketones is 1. The first-order valence-corrected chi connectivity index (χ1v) is 3.18. The van der Waals surface area contributed by atoms with E-state index in [1.807, 2.05) is 13.8 Å². The molecule has 2 heteroatoms. The summed E-state index contributed by atoms with van der Waals surface area (Å²) in [6.07, 6.45) is 3.30. The van der Waals surface area contributed by atoms with Crippen molar-refractivity contribution in [1.29, 1.82) is 0 Å². The van der Waals surface area contributed by atoms with Crippen LogP contribution < -0.4 is 5.32 Å². The molecule has 50 valence electrons. The standard InChI is InChI=1S/C7H11NO/c1-5-6(2)8-4-3-7(5)9/h3-6,8H,1-2H3. The van der Waals surface area contributed by atoms with Gasteiger partial charge in [0.2, 0.25) is 0 Å². The van der Waals surface area contributed by atoms with Crippen LogP contribution in [0, 0.1) is 5.92 Å². The number of allylic oxidation sites excluding steroid dienone is 1. The van der Waals surface area contributed by atoms with Crippen LogP contribution in [0.1, 0.15) is 13.8 Å². The summed E-state index contributed by atoms with van der Waals surface area (Å²) in [4.78, 5) is 10.9. The van der Waals surface area contributed by atoms with Gasteiger partial charge in [0, 0.05) is 18.2 Å². The van der Waals surface area contributed by atoms with Gasteiger partial charge in [-0.1, -0.05) is 6.92 Å². The van der Waals surface area contributed by atoms with Gasteiger partial charge in [0.1, 0.15) is 0 Å². The Morgan fingerprint density at radius 3 is 2.67 bits per heavy atom. The maximum Gasteiger partial charge on any atom is 0.161 e. The molecule has 1 heterocycles. The molecule has 1 N–H and O–H groups in total. The van der Waals surface area contributed by atoms with Crippen molar-refractivity contribution in [1.82, 2.24) is 5.32 Å². The van der Waals surface area contributed by atoms with Crippen LogP contribution in [0.5, 0.6) is 0 Å². The molecule has 2 atom stereocenters. The fraction of sp³-hybridized carbons (Fsp3) is 0.571. The van der Waals surface area contributed by atoms with Crippen LogP contribution in [0.3, 0.4) is 0 Å². The molecule has 1 aliphatic rings. The van der Waals surface area contributed by atoms with Crippen molar-refractivity contribution in [2.75, 3.05) is 0 Å². The summed E-state index contributed by atoms with van der Waals surface area (Å²) in [5.74, 6) is 0.358. The zero-order valence-corrected chi connectivity index (χ0v) is 5.72. The predicted octanol–water partition coefficient (Wildman–Crippen LogP) is 0.697. The third kappa shape index (κ3) is 1.12. The van der Waals surface area contributed by atoms with Crippen LogP contribution in [-0.4, -0.2) is 11.8 Å². The lowest BCUT2D eigenvalue weighted by Gasteiger charge is -2.21. The molecule has 2 nitrogen and oxygen atoms in total. The minimum atomic E-state index is 0.134. The van der Waals surface area contributed by atoms with Crippen molar-refractivity contribution in [3.8, 4) is 0 Å². The Bertz CT molecular complexity index is 151. The second-order valence-electron chi connectivity index (χ2n) is 2.48. The second kappa shape index (κ2) is 2.21. The monoisotopic (exact) mass is 125 g/mol. The van der Waals surface area contributed by atoms with E-state index < -0.39 is 0 Å². The highest BCUT2D eigenvalue weighted by Gasteiger charge is 2.19. The number of rotatable bonds is 0. The Morgan fingerprint density at radius 1 is 1.56 bits per heavy atom. The lowest BCUT2D eigenvalue weighted by Crippen LogP contribution is -2.36. The topological polar surface area (TPSA) is 29.1 Å². The van der Waals surface area contributed by atoms with Gasteiger partial charge in [-0.2, -0.15) is 0 Å². The van der Waals surface area contributed by atoms with Gasteiger partial charge in [0.05, 0.1) is 0 Å². The first-order chi connectivity index (χ1) is 4.22. The fourth-order valence-electron chi connectivity index (χ4n) is 0.825. The normalized spacial score (nSPS) is 34.2. The summed E-state index contributed by atoms with van der Waals surface area (Å²) in [7, 11) is 0. The molecule has 0 amide bonds. The highest BCUT2D eigenvalue weighted by molar-refractivity contribution is 5.92. The van der Waals surface area contributed by atoms with Crippen LogP contribution in [0.15, 0.2) is 12.3 Å². The minimum absolute atomic E-state index is 0.134. The molecule has 0 radical (unpaired) electrons. The van der Waals surface area contributed by atoms with Crippen molar-refractivity contribution in [3.05, 3.63) is 12.3 Å². The lowest BCUT2D eigenvalue weighted by molar-refractivity contribution is -0.118. The van der Waals surface area contributed by atoms with E-state index in [2.05, 4.69) is 5.32 Å². The van der Waals surface area contributed by atoms with Crippen molar-refractivity contribution < 1.29 is 4.79 Å². The fourth-order valence-corrected chi connectivity index (χ4v) is 0.825. The highest BCUT2D eigenvalue weighted by atomic mass is 16.1. The van der Waals surface area contributed by atoms with Gasteiger partial charge in [-0.3, -0.25) is 4.79 Å². The molecular formula is C7H11NO. The van der Waals surface area contributed by atoms with Gasteiger partial charge < -0.3 is 5.32 Å². The quantitative estimate of drug-likeness (QED) is 0.516. The first kappa shape index (κ1) is 6.33. The van der Waals surface area contributed by atoms with Gasteiger partial charge in [0.15, 0.2) is 5.78 Å². The SMILES string of the molecule is CC1NC=CC(=O)C1C. The second-order valence-corrected chi connectivity index (χ2v) is 2.48. The van der Waals surface area contributed by atoms with Crippen molar-refractivity contribution >= 4 is 5.78 Å². The molecule has 9 heavy (non-hydrogen) atoms. The molecule has 0 aromatic carbocycles. The summed E-state index contributed by atoms with van der Waals surface area (Å²) >= 11 is 0. The Balaban J connectivity index is 2.69. The maximum absolute atomic E-state index is 10.9.